The summed E-state index contributed by atoms with van der Waals surface area (Å²) >= 11 is 2.44. The molecule has 0 radical (unpaired) electrons. The standard InChI is InChI=1S/C26H27IO4/c1-15-6-8-18(9-7-15)24(27)26-21-12-17(3)13-22(29-5)23(21)25(30-31-26)19-10-16(2)11-20(14-19)28-4/h6-14,24-26H,1-5H3/t24-,25+,26+/m1/s1. The van der Waals surface area contributed by atoms with Gasteiger partial charge in [0.1, 0.15) is 23.7 Å². The first-order valence-corrected chi connectivity index (χ1v) is 11.5. The molecule has 4 rings (SSSR count). The van der Waals surface area contributed by atoms with Gasteiger partial charge >= 0.3 is 0 Å². The maximum absolute atomic E-state index is 6.08. The van der Waals surface area contributed by atoms with Gasteiger partial charge in [0.25, 0.3) is 0 Å². The Morgan fingerprint density at radius 2 is 1.52 bits per heavy atom. The van der Waals surface area contributed by atoms with Crippen LogP contribution in [0.5, 0.6) is 11.5 Å². The number of ether oxygens (including phenoxy) is 2. The first-order valence-electron chi connectivity index (χ1n) is 10.3. The topological polar surface area (TPSA) is 36.9 Å². The van der Waals surface area contributed by atoms with E-state index in [4.69, 9.17) is 19.2 Å². The molecular formula is C26H27IO4. The fourth-order valence-electron chi connectivity index (χ4n) is 4.09. The van der Waals surface area contributed by atoms with Crippen molar-refractivity contribution in [2.24, 2.45) is 0 Å². The zero-order valence-electron chi connectivity index (χ0n) is 18.4. The van der Waals surface area contributed by atoms with Crippen LogP contribution in [0, 0.1) is 20.8 Å². The molecule has 0 fully saturated rings. The van der Waals surface area contributed by atoms with Crippen LogP contribution in [0.1, 0.15) is 55.1 Å². The molecular weight excluding hydrogens is 503 g/mol. The molecule has 0 aliphatic carbocycles. The molecule has 0 saturated carbocycles. The number of alkyl halides is 1. The van der Waals surface area contributed by atoms with Crippen LogP contribution in [0.2, 0.25) is 0 Å². The number of rotatable bonds is 5. The molecule has 0 aromatic heterocycles. The van der Waals surface area contributed by atoms with E-state index in [1.807, 2.05) is 19.1 Å². The van der Waals surface area contributed by atoms with E-state index >= 15 is 0 Å². The van der Waals surface area contributed by atoms with Gasteiger partial charge in [-0.2, -0.15) is 0 Å². The summed E-state index contributed by atoms with van der Waals surface area (Å²) in [5.74, 6) is 1.60. The summed E-state index contributed by atoms with van der Waals surface area (Å²) in [6, 6.07) is 18.9. The predicted molar refractivity (Wildman–Crippen MR) is 130 cm³/mol. The van der Waals surface area contributed by atoms with Crippen molar-refractivity contribution in [2.45, 2.75) is 36.9 Å². The molecule has 0 unspecified atom stereocenters. The molecule has 0 N–H and O–H groups in total. The summed E-state index contributed by atoms with van der Waals surface area (Å²) in [6.45, 7) is 6.22. The zero-order valence-corrected chi connectivity index (χ0v) is 20.6. The molecule has 3 atom stereocenters. The molecule has 3 aromatic rings. The average Bonchev–Trinajstić information content (AvgIpc) is 2.77. The fraction of sp³-hybridized carbons (Fsp3) is 0.308. The lowest BCUT2D eigenvalue weighted by molar-refractivity contribution is -0.358. The number of aryl methyl sites for hydroxylation is 3. The minimum atomic E-state index is -0.405. The van der Waals surface area contributed by atoms with Gasteiger partial charge in [-0.25, -0.2) is 9.78 Å². The summed E-state index contributed by atoms with van der Waals surface area (Å²) < 4.78 is 11.4. The molecule has 5 heteroatoms. The lowest BCUT2D eigenvalue weighted by Crippen LogP contribution is -2.24. The van der Waals surface area contributed by atoms with Gasteiger partial charge in [-0.15, -0.1) is 0 Å². The van der Waals surface area contributed by atoms with E-state index < -0.39 is 6.10 Å². The van der Waals surface area contributed by atoms with Gasteiger partial charge in [-0.1, -0.05) is 64.6 Å². The fourth-order valence-corrected chi connectivity index (χ4v) is 5.01. The minimum Gasteiger partial charge on any atom is -0.497 e. The van der Waals surface area contributed by atoms with Gasteiger partial charge in [0.05, 0.1) is 18.1 Å². The van der Waals surface area contributed by atoms with E-state index in [0.29, 0.717) is 0 Å². The second-order valence-corrected chi connectivity index (χ2v) is 9.40. The van der Waals surface area contributed by atoms with Crippen LogP contribution in [0.25, 0.3) is 0 Å². The maximum Gasteiger partial charge on any atom is 0.147 e. The molecule has 1 aliphatic heterocycles. The van der Waals surface area contributed by atoms with E-state index in [9.17, 15) is 0 Å². The normalized spacial score (nSPS) is 18.9. The first kappa shape index (κ1) is 22.1. The van der Waals surface area contributed by atoms with Gasteiger partial charge in [0, 0.05) is 5.56 Å². The Hall–Kier alpha value is -2.09. The van der Waals surface area contributed by atoms with Crippen LogP contribution in [-0.4, -0.2) is 14.2 Å². The van der Waals surface area contributed by atoms with E-state index in [1.54, 1.807) is 14.2 Å². The molecule has 0 spiro atoms. The number of methoxy groups -OCH3 is 2. The third-order valence-electron chi connectivity index (χ3n) is 5.64. The van der Waals surface area contributed by atoms with Crippen molar-refractivity contribution in [2.75, 3.05) is 14.2 Å². The van der Waals surface area contributed by atoms with Crippen molar-refractivity contribution < 1.29 is 19.2 Å². The van der Waals surface area contributed by atoms with Gasteiger partial charge in [0.15, 0.2) is 0 Å². The van der Waals surface area contributed by atoms with Crippen molar-refractivity contribution in [3.8, 4) is 11.5 Å². The Morgan fingerprint density at radius 1 is 0.806 bits per heavy atom. The number of hydrogen-bond donors (Lipinski definition) is 0. The quantitative estimate of drug-likeness (QED) is 0.204. The first-order chi connectivity index (χ1) is 14.9. The molecule has 162 valence electrons. The highest BCUT2D eigenvalue weighted by molar-refractivity contribution is 14.1. The summed E-state index contributed by atoms with van der Waals surface area (Å²) in [4.78, 5) is 12.1. The lowest BCUT2D eigenvalue weighted by Gasteiger charge is -2.35. The van der Waals surface area contributed by atoms with E-state index in [2.05, 4.69) is 78.9 Å². The summed E-state index contributed by atoms with van der Waals surface area (Å²) in [6.07, 6.45) is -0.660. The Labute approximate surface area is 197 Å². The molecule has 0 saturated heterocycles. The molecule has 4 nitrogen and oxygen atoms in total. The zero-order chi connectivity index (χ0) is 22.1. The van der Waals surface area contributed by atoms with Gasteiger partial charge in [0.2, 0.25) is 0 Å². The highest BCUT2D eigenvalue weighted by atomic mass is 127. The summed E-state index contributed by atoms with van der Waals surface area (Å²) in [5, 5.41) is 0. The molecule has 0 bridgehead atoms. The van der Waals surface area contributed by atoms with Crippen LogP contribution in [-0.2, 0) is 9.78 Å². The third-order valence-corrected chi connectivity index (χ3v) is 7.01. The van der Waals surface area contributed by atoms with E-state index in [1.165, 1.54) is 11.1 Å². The highest BCUT2D eigenvalue weighted by Crippen LogP contribution is 2.50. The van der Waals surface area contributed by atoms with Crippen molar-refractivity contribution in [3.63, 3.8) is 0 Å². The van der Waals surface area contributed by atoms with Crippen LogP contribution in [0.15, 0.2) is 54.6 Å². The molecule has 3 aromatic carbocycles. The Bertz CT molecular complexity index is 1080. The minimum absolute atomic E-state index is 0.0800. The SMILES string of the molecule is COc1cc(C)cc([C@@H]2OO[C@H]([C@H](I)c3ccc(C)cc3)c3cc(C)cc(OC)c32)c1. The Kier molecular flexibility index (Phi) is 6.55. The van der Waals surface area contributed by atoms with Crippen molar-refractivity contribution in [1.29, 1.82) is 0 Å². The van der Waals surface area contributed by atoms with E-state index in [-0.39, 0.29) is 10.0 Å². The third kappa shape index (κ3) is 4.45. The monoisotopic (exact) mass is 530 g/mol. The number of hydrogen-bond acceptors (Lipinski definition) is 4. The van der Waals surface area contributed by atoms with Crippen molar-refractivity contribution in [3.05, 3.63) is 93.5 Å². The molecule has 0 amide bonds. The molecule has 1 heterocycles. The van der Waals surface area contributed by atoms with Gasteiger partial charge in [-0.3, -0.25) is 0 Å². The van der Waals surface area contributed by atoms with Crippen LogP contribution < -0.4 is 9.47 Å². The number of halogens is 1. The smallest absolute Gasteiger partial charge is 0.147 e. The van der Waals surface area contributed by atoms with Crippen molar-refractivity contribution >= 4 is 22.6 Å². The van der Waals surface area contributed by atoms with Crippen LogP contribution >= 0.6 is 22.6 Å². The molecule has 1 aliphatic rings. The summed E-state index contributed by atoms with van der Waals surface area (Å²) in [7, 11) is 3.38. The van der Waals surface area contributed by atoms with Crippen molar-refractivity contribution in [1.82, 2.24) is 0 Å². The largest absolute Gasteiger partial charge is 0.497 e. The van der Waals surface area contributed by atoms with Gasteiger partial charge < -0.3 is 9.47 Å². The second-order valence-electron chi connectivity index (χ2n) is 8.06. The summed E-state index contributed by atoms with van der Waals surface area (Å²) in [5.41, 5.74) is 7.72. The van der Waals surface area contributed by atoms with Crippen LogP contribution in [0.4, 0.5) is 0 Å². The lowest BCUT2D eigenvalue weighted by atomic mass is 9.88. The van der Waals surface area contributed by atoms with Gasteiger partial charge in [-0.05, 0) is 66.8 Å². The van der Waals surface area contributed by atoms with Crippen LogP contribution in [0.3, 0.4) is 0 Å². The molecule has 31 heavy (non-hydrogen) atoms. The Balaban J connectivity index is 1.83. The predicted octanol–water partition coefficient (Wildman–Crippen LogP) is 6.90. The Morgan fingerprint density at radius 3 is 2.19 bits per heavy atom. The average molecular weight is 530 g/mol. The highest BCUT2D eigenvalue weighted by Gasteiger charge is 2.38. The number of fused-ring (bicyclic) bond motifs is 1. The second kappa shape index (κ2) is 9.18. The van der Waals surface area contributed by atoms with E-state index in [0.717, 1.165) is 39.3 Å². The maximum atomic E-state index is 6.08. The number of benzene rings is 3.